The summed E-state index contributed by atoms with van der Waals surface area (Å²) in [6.45, 7) is 0. The van der Waals surface area contributed by atoms with Crippen molar-refractivity contribution in [3.05, 3.63) is 113 Å². The molecule has 3 N–H and O–H groups in total. The van der Waals surface area contributed by atoms with Crippen molar-refractivity contribution in [1.29, 1.82) is 0 Å². The van der Waals surface area contributed by atoms with Gasteiger partial charge in [0, 0.05) is 16.7 Å². The molecule has 34 heavy (non-hydrogen) atoms. The predicted octanol–water partition coefficient (Wildman–Crippen LogP) is 5.72. The number of rotatable bonds is 2. The van der Waals surface area contributed by atoms with Crippen LogP contribution in [-0.4, -0.2) is 22.6 Å². The lowest BCUT2D eigenvalue weighted by Crippen LogP contribution is -2.24. The number of anilines is 1. The van der Waals surface area contributed by atoms with E-state index in [1.54, 1.807) is 24.3 Å². The van der Waals surface area contributed by atoms with E-state index in [2.05, 4.69) is 0 Å². The average Bonchev–Trinajstić information content (AvgIpc) is 2.85. The van der Waals surface area contributed by atoms with E-state index < -0.39 is 11.8 Å². The maximum atomic E-state index is 13.4. The Labute approximate surface area is 194 Å². The van der Waals surface area contributed by atoms with Crippen LogP contribution in [0.25, 0.3) is 32.7 Å². The van der Waals surface area contributed by atoms with Crippen LogP contribution in [0.2, 0.25) is 0 Å². The van der Waals surface area contributed by atoms with Crippen LogP contribution in [0.1, 0.15) is 42.2 Å². The topological polar surface area (TPSA) is 97.5 Å². The molecule has 6 rings (SSSR count). The molecule has 0 saturated heterocycles. The van der Waals surface area contributed by atoms with Crippen LogP contribution < -0.4 is 5.73 Å². The number of hydrogen-bond donors (Lipinski definition) is 2. The van der Waals surface area contributed by atoms with Gasteiger partial charge in [-0.05, 0) is 50.9 Å². The van der Waals surface area contributed by atoms with Gasteiger partial charge >= 0.3 is 5.97 Å². The van der Waals surface area contributed by atoms with Crippen LogP contribution in [0, 0.1) is 0 Å². The maximum absolute atomic E-state index is 13.4. The first-order chi connectivity index (χ1) is 16.5. The van der Waals surface area contributed by atoms with Gasteiger partial charge in [-0.15, -0.1) is 0 Å². The van der Waals surface area contributed by atoms with E-state index in [0.717, 1.165) is 21.5 Å². The van der Waals surface area contributed by atoms with Crippen molar-refractivity contribution in [3.63, 3.8) is 0 Å². The summed E-state index contributed by atoms with van der Waals surface area (Å²) in [6.07, 6.45) is 0. The van der Waals surface area contributed by atoms with Crippen molar-refractivity contribution < 1.29 is 19.5 Å². The van der Waals surface area contributed by atoms with E-state index >= 15 is 0 Å². The molecular weight excluding hydrogens is 426 g/mol. The molecule has 0 amide bonds. The van der Waals surface area contributed by atoms with E-state index in [9.17, 15) is 19.5 Å². The number of carbonyl (C=O) groups is 3. The number of aromatic carboxylic acids is 1. The van der Waals surface area contributed by atoms with Gasteiger partial charge in [-0.25, -0.2) is 4.79 Å². The highest BCUT2D eigenvalue weighted by Gasteiger charge is 2.35. The summed E-state index contributed by atoms with van der Waals surface area (Å²) in [6, 6.07) is 25.6. The zero-order valence-corrected chi connectivity index (χ0v) is 17.8. The number of benzene rings is 5. The van der Waals surface area contributed by atoms with Gasteiger partial charge in [0.15, 0.2) is 11.6 Å². The Kier molecular flexibility index (Phi) is 4.16. The fraction of sp³-hybridized carbons (Fsp3) is 0. The Morgan fingerprint density at radius 3 is 1.91 bits per heavy atom. The number of nitrogens with two attached hydrogens (primary N) is 1. The van der Waals surface area contributed by atoms with Crippen LogP contribution in [0.5, 0.6) is 0 Å². The predicted molar refractivity (Wildman–Crippen MR) is 132 cm³/mol. The number of nitrogen functional groups attached to an aromatic ring is 1. The first kappa shape index (κ1) is 19.9. The molecule has 5 heteroatoms. The molecule has 0 saturated carbocycles. The number of hydrogen-bond acceptors (Lipinski definition) is 4. The Bertz CT molecular complexity index is 1730. The van der Waals surface area contributed by atoms with Crippen molar-refractivity contribution in [2.75, 3.05) is 5.73 Å². The van der Waals surface area contributed by atoms with Gasteiger partial charge in [0.05, 0.1) is 16.8 Å². The summed E-state index contributed by atoms with van der Waals surface area (Å²) in [5, 5.41) is 14.0. The highest BCUT2D eigenvalue weighted by molar-refractivity contribution is 6.31. The molecule has 5 nitrogen and oxygen atoms in total. The summed E-state index contributed by atoms with van der Waals surface area (Å²) in [7, 11) is 0. The zero-order valence-electron chi connectivity index (χ0n) is 17.8. The maximum Gasteiger partial charge on any atom is 0.338 e. The normalized spacial score (nSPS) is 12.6. The van der Waals surface area contributed by atoms with Gasteiger partial charge in [-0.3, -0.25) is 9.59 Å². The van der Waals surface area contributed by atoms with E-state index in [-0.39, 0.29) is 39.3 Å². The van der Waals surface area contributed by atoms with Crippen LogP contribution >= 0.6 is 0 Å². The van der Waals surface area contributed by atoms with E-state index in [4.69, 9.17) is 5.73 Å². The minimum absolute atomic E-state index is 0.0458. The largest absolute Gasteiger partial charge is 0.478 e. The molecule has 0 bridgehead atoms. The molecule has 0 aromatic heterocycles. The highest BCUT2D eigenvalue weighted by Crippen LogP contribution is 2.41. The summed E-state index contributed by atoms with van der Waals surface area (Å²) in [4.78, 5) is 39.0. The Balaban J connectivity index is 1.70. The SMILES string of the molecule is Nc1c2c(cc(-c3cccc4cc5ccccc5cc34)c1C(=O)O)C(=O)c1ccccc1C2=O. The number of carboxylic acid groups (broad SMARTS) is 1. The van der Waals surface area contributed by atoms with Crippen LogP contribution in [-0.2, 0) is 0 Å². The van der Waals surface area contributed by atoms with Crippen molar-refractivity contribution in [2.24, 2.45) is 0 Å². The molecule has 1 aliphatic carbocycles. The Morgan fingerprint density at radius 2 is 1.21 bits per heavy atom. The molecule has 5 aromatic rings. The molecule has 5 aromatic carbocycles. The van der Waals surface area contributed by atoms with Gasteiger partial charge in [0.25, 0.3) is 0 Å². The van der Waals surface area contributed by atoms with Gasteiger partial charge < -0.3 is 10.8 Å². The molecule has 0 fully saturated rings. The van der Waals surface area contributed by atoms with Gasteiger partial charge in [0.2, 0.25) is 0 Å². The fourth-order valence-electron chi connectivity index (χ4n) is 4.93. The summed E-state index contributed by atoms with van der Waals surface area (Å²) in [5.74, 6) is -2.05. The van der Waals surface area contributed by atoms with Gasteiger partial charge in [0.1, 0.15) is 0 Å². The molecule has 0 spiro atoms. The lowest BCUT2D eigenvalue weighted by Gasteiger charge is -2.22. The number of fused-ring (bicyclic) bond motifs is 4. The first-order valence-electron chi connectivity index (χ1n) is 10.8. The van der Waals surface area contributed by atoms with Crippen LogP contribution in [0.3, 0.4) is 0 Å². The minimum atomic E-state index is -1.26. The average molecular weight is 443 g/mol. The van der Waals surface area contributed by atoms with Crippen LogP contribution in [0.4, 0.5) is 5.69 Å². The molecule has 0 heterocycles. The van der Waals surface area contributed by atoms with E-state index in [1.807, 2.05) is 54.6 Å². The van der Waals surface area contributed by atoms with E-state index in [1.165, 1.54) is 6.07 Å². The molecule has 1 aliphatic rings. The van der Waals surface area contributed by atoms with Crippen molar-refractivity contribution in [2.45, 2.75) is 0 Å². The molecule has 162 valence electrons. The number of carboxylic acids is 1. The lowest BCUT2D eigenvalue weighted by molar-refractivity contribution is 0.0698. The molecule has 0 atom stereocenters. The summed E-state index contributed by atoms with van der Waals surface area (Å²) < 4.78 is 0. The standard InChI is InChI=1S/C29H17NO4/c30-26-24-23(27(31)19-9-3-4-10-20(19)28(24)32)14-22(25(26)29(33)34)18-11-5-8-17-12-15-6-1-2-7-16(15)13-21(17)18/h1-14H,30H2,(H,33,34). The third kappa shape index (κ3) is 2.70. The number of carbonyl (C=O) groups excluding carboxylic acids is 2. The molecule has 0 aliphatic heterocycles. The van der Waals surface area contributed by atoms with Crippen molar-refractivity contribution >= 4 is 44.8 Å². The van der Waals surface area contributed by atoms with E-state index in [0.29, 0.717) is 11.1 Å². The molecular formula is C29H17NO4. The van der Waals surface area contributed by atoms with Crippen LogP contribution in [0.15, 0.2) is 84.9 Å². The zero-order chi connectivity index (χ0) is 23.6. The second kappa shape index (κ2) is 7.12. The third-order valence-electron chi connectivity index (χ3n) is 6.50. The first-order valence-corrected chi connectivity index (χ1v) is 10.8. The fourth-order valence-corrected chi connectivity index (χ4v) is 4.93. The minimum Gasteiger partial charge on any atom is -0.478 e. The van der Waals surface area contributed by atoms with Gasteiger partial charge in [-0.2, -0.15) is 0 Å². The summed E-state index contributed by atoms with van der Waals surface area (Å²) in [5.41, 5.74) is 7.50. The molecule has 0 radical (unpaired) electrons. The second-order valence-corrected chi connectivity index (χ2v) is 8.37. The lowest BCUT2D eigenvalue weighted by atomic mass is 9.79. The number of ketones is 2. The third-order valence-corrected chi connectivity index (χ3v) is 6.50. The highest BCUT2D eigenvalue weighted by atomic mass is 16.4. The molecule has 0 unspecified atom stereocenters. The Morgan fingerprint density at radius 1 is 0.618 bits per heavy atom. The second-order valence-electron chi connectivity index (χ2n) is 8.37. The quantitative estimate of drug-likeness (QED) is 0.264. The van der Waals surface area contributed by atoms with Crippen molar-refractivity contribution in [3.8, 4) is 11.1 Å². The van der Waals surface area contributed by atoms with Crippen molar-refractivity contribution in [1.82, 2.24) is 0 Å². The summed E-state index contributed by atoms with van der Waals surface area (Å²) >= 11 is 0. The Hall–Kier alpha value is -4.77. The monoisotopic (exact) mass is 443 g/mol. The smallest absolute Gasteiger partial charge is 0.338 e. The van der Waals surface area contributed by atoms with Gasteiger partial charge in [-0.1, -0.05) is 66.7 Å².